The minimum Gasteiger partial charge on any atom is -0.362 e. The zero-order valence-electron chi connectivity index (χ0n) is 16.2. The first-order chi connectivity index (χ1) is 14.4. The van der Waals surface area contributed by atoms with Gasteiger partial charge in [-0.05, 0) is 49.6 Å². The van der Waals surface area contributed by atoms with Gasteiger partial charge < -0.3 is 10.6 Å². The van der Waals surface area contributed by atoms with Gasteiger partial charge in [0.15, 0.2) is 5.78 Å². The summed E-state index contributed by atoms with van der Waals surface area (Å²) in [6.45, 7) is 1.77. The van der Waals surface area contributed by atoms with Gasteiger partial charge in [0.05, 0.1) is 5.69 Å². The molecule has 30 heavy (non-hydrogen) atoms. The van der Waals surface area contributed by atoms with Crippen molar-refractivity contribution in [1.29, 1.82) is 0 Å². The fourth-order valence-corrected chi connectivity index (χ4v) is 4.60. The quantitative estimate of drug-likeness (QED) is 0.634. The van der Waals surface area contributed by atoms with E-state index in [1.54, 1.807) is 37.3 Å². The highest BCUT2D eigenvalue weighted by atomic mass is 35.5. The predicted octanol–water partition coefficient (Wildman–Crippen LogP) is 5.74. The number of nitrogens with one attached hydrogen (secondary N) is 2. The molecule has 7 heteroatoms. The van der Waals surface area contributed by atoms with Gasteiger partial charge in [-0.3, -0.25) is 9.59 Å². The lowest BCUT2D eigenvalue weighted by atomic mass is 9.75. The van der Waals surface area contributed by atoms with Gasteiger partial charge in [-0.2, -0.15) is 0 Å². The van der Waals surface area contributed by atoms with Gasteiger partial charge >= 0.3 is 0 Å². The number of anilines is 1. The number of dihydropyridines is 1. The van der Waals surface area contributed by atoms with Crippen LogP contribution in [0.4, 0.5) is 10.1 Å². The van der Waals surface area contributed by atoms with Gasteiger partial charge in [-0.15, -0.1) is 0 Å². The van der Waals surface area contributed by atoms with Crippen molar-refractivity contribution in [3.05, 3.63) is 86.4 Å². The molecule has 1 aliphatic carbocycles. The molecule has 154 valence electrons. The fraction of sp³-hybridized carbons (Fsp3) is 0.217. The van der Waals surface area contributed by atoms with Crippen LogP contribution in [-0.4, -0.2) is 11.7 Å². The van der Waals surface area contributed by atoms with Crippen LogP contribution in [0, 0.1) is 5.82 Å². The van der Waals surface area contributed by atoms with E-state index in [0.29, 0.717) is 45.3 Å². The molecule has 0 unspecified atom stereocenters. The van der Waals surface area contributed by atoms with Crippen molar-refractivity contribution in [3.63, 3.8) is 0 Å². The Kier molecular flexibility index (Phi) is 5.67. The van der Waals surface area contributed by atoms with E-state index >= 15 is 0 Å². The third-order valence-corrected chi connectivity index (χ3v) is 5.98. The summed E-state index contributed by atoms with van der Waals surface area (Å²) in [5.74, 6) is -1.72. The zero-order chi connectivity index (χ0) is 21.4. The van der Waals surface area contributed by atoms with Crippen LogP contribution in [0.15, 0.2) is 65.0 Å². The van der Waals surface area contributed by atoms with Gasteiger partial charge in [-0.1, -0.05) is 41.4 Å². The maximum atomic E-state index is 14.1. The summed E-state index contributed by atoms with van der Waals surface area (Å²) in [6, 6.07) is 10.9. The lowest BCUT2D eigenvalue weighted by Gasteiger charge is -2.35. The van der Waals surface area contributed by atoms with Crippen LogP contribution in [-0.2, 0) is 9.59 Å². The summed E-state index contributed by atoms with van der Waals surface area (Å²) in [5.41, 5.74) is 2.96. The number of allylic oxidation sites excluding steroid dienone is 3. The molecule has 0 bridgehead atoms. The largest absolute Gasteiger partial charge is 0.362 e. The van der Waals surface area contributed by atoms with Gasteiger partial charge in [0.1, 0.15) is 5.82 Å². The molecule has 1 heterocycles. The fourth-order valence-electron chi connectivity index (χ4n) is 4.08. The third-order valence-electron chi connectivity index (χ3n) is 5.42. The van der Waals surface area contributed by atoms with Gasteiger partial charge in [-0.25, -0.2) is 4.39 Å². The highest BCUT2D eigenvalue weighted by Crippen LogP contribution is 2.44. The molecule has 2 aromatic rings. The Morgan fingerprint density at radius 2 is 1.93 bits per heavy atom. The molecule has 0 radical (unpaired) electrons. The lowest BCUT2D eigenvalue weighted by Crippen LogP contribution is -2.35. The minimum absolute atomic E-state index is 0.0246. The molecule has 4 rings (SSSR count). The molecule has 4 nitrogen and oxygen atoms in total. The Morgan fingerprint density at radius 3 is 2.67 bits per heavy atom. The van der Waals surface area contributed by atoms with Crippen molar-refractivity contribution in [2.75, 3.05) is 5.32 Å². The van der Waals surface area contributed by atoms with Crippen LogP contribution in [0.25, 0.3) is 0 Å². The molecular formula is C23H19Cl2FN2O2. The van der Waals surface area contributed by atoms with E-state index in [0.717, 1.165) is 12.1 Å². The second-order valence-electron chi connectivity index (χ2n) is 7.37. The number of para-hydroxylation sites is 1. The summed E-state index contributed by atoms with van der Waals surface area (Å²) >= 11 is 12.6. The van der Waals surface area contributed by atoms with Crippen molar-refractivity contribution in [1.82, 2.24) is 5.32 Å². The summed E-state index contributed by atoms with van der Waals surface area (Å²) < 4.78 is 14.1. The number of hydrogen-bond acceptors (Lipinski definition) is 3. The van der Waals surface area contributed by atoms with Gasteiger partial charge in [0, 0.05) is 44.9 Å². The van der Waals surface area contributed by atoms with E-state index in [1.165, 1.54) is 12.1 Å². The second kappa shape index (κ2) is 8.25. The highest BCUT2D eigenvalue weighted by Gasteiger charge is 2.39. The summed E-state index contributed by atoms with van der Waals surface area (Å²) in [6.07, 6.45) is 1.86. The molecular weight excluding hydrogens is 426 g/mol. The number of carbonyl (C=O) groups excluding carboxylic acids is 2. The first-order valence-electron chi connectivity index (χ1n) is 9.61. The van der Waals surface area contributed by atoms with Crippen molar-refractivity contribution in [2.45, 2.75) is 32.1 Å². The standard InChI is InChI=1S/C23H19Cl2FN2O2/c1-12-20(23(30)28-17-6-3-2-5-16(17)26)21(14-10-9-13(24)11-15(14)25)22-18(27-12)7-4-8-19(22)29/h2-3,5-6,9-11,21,27H,4,7-8H2,1H3,(H,28,30)/t21-/m0/s1. The third kappa shape index (κ3) is 3.75. The Labute approximate surface area is 183 Å². The highest BCUT2D eigenvalue weighted by molar-refractivity contribution is 6.35. The van der Waals surface area contributed by atoms with Crippen molar-refractivity contribution < 1.29 is 14.0 Å². The topological polar surface area (TPSA) is 58.2 Å². The molecule has 0 saturated heterocycles. The van der Waals surface area contributed by atoms with E-state index in [9.17, 15) is 14.0 Å². The average molecular weight is 445 g/mol. The van der Waals surface area contributed by atoms with Crippen molar-refractivity contribution in [3.8, 4) is 0 Å². The maximum Gasteiger partial charge on any atom is 0.254 e. The number of rotatable bonds is 3. The Balaban J connectivity index is 1.83. The Morgan fingerprint density at radius 1 is 1.17 bits per heavy atom. The normalized spacial score (nSPS) is 18.8. The number of Topliss-reactive ketones (excluding diaryl/α,β-unsaturated/α-hetero) is 1. The van der Waals surface area contributed by atoms with E-state index in [-0.39, 0.29) is 11.5 Å². The molecule has 1 atom stereocenters. The molecule has 2 aromatic carbocycles. The first-order valence-corrected chi connectivity index (χ1v) is 10.4. The van der Waals surface area contributed by atoms with Crippen molar-refractivity contribution >= 4 is 40.6 Å². The van der Waals surface area contributed by atoms with Crippen LogP contribution in [0.2, 0.25) is 10.0 Å². The molecule has 1 amide bonds. The Hall–Kier alpha value is -2.63. The van der Waals surface area contributed by atoms with Crippen LogP contribution in [0.5, 0.6) is 0 Å². The zero-order valence-corrected chi connectivity index (χ0v) is 17.7. The van der Waals surface area contributed by atoms with Crippen LogP contribution in [0.3, 0.4) is 0 Å². The summed E-state index contributed by atoms with van der Waals surface area (Å²) in [7, 11) is 0. The van der Waals surface area contributed by atoms with E-state index in [2.05, 4.69) is 10.6 Å². The predicted molar refractivity (Wildman–Crippen MR) is 116 cm³/mol. The summed E-state index contributed by atoms with van der Waals surface area (Å²) in [4.78, 5) is 26.2. The SMILES string of the molecule is CC1=C(C(=O)Nc2ccccc2F)[C@H](c2ccc(Cl)cc2Cl)C2=C(CCCC2=O)N1. The molecule has 0 fully saturated rings. The maximum absolute atomic E-state index is 14.1. The van der Waals surface area contributed by atoms with Gasteiger partial charge in [0.25, 0.3) is 5.91 Å². The second-order valence-corrected chi connectivity index (χ2v) is 8.21. The Bertz CT molecular complexity index is 1120. The number of hydrogen-bond donors (Lipinski definition) is 2. The van der Waals surface area contributed by atoms with Crippen LogP contribution in [0.1, 0.15) is 37.7 Å². The lowest BCUT2D eigenvalue weighted by molar-refractivity contribution is -0.116. The number of carbonyl (C=O) groups is 2. The average Bonchev–Trinajstić information content (AvgIpc) is 2.69. The molecule has 2 N–H and O–H groups in total. The first kappa shape index (κ1) is 20.6. The van der Waals surface area contributed by atoms with Crippen LogP contribution >= 0.6 is 23.2 Å². The monoisotopic (exact) mass is 444 g/mol. The molecule has 2 aliphatic rings. The number of ketones is 1. The molecule has 0 aromatic heterocycles. The number of amides is 1. The molecule has 1 aliphatic heterocycles. The van der Waals surface area contributed by atoms with Crippen molar-refractivity contribution in [2.24, 2.45) is 0 Å². The molecule has 0 saturated carbocycles. The minimum atomic E-state index is -0.661. The number of halogens is 3. The number of benzene rings is 2. The van der Waals surface area contributed by atoms with E-state index in [4.69, 9.17) is 23.2 Å². The van der Waals surface area contributed by atoms with E-state index < -0.39 is 17.6 Å². The molecule has 0 spiro atoms. The smallest absolute Gasteiger partial charge is 0.254 e. The van der Waals surface area contributed by atoms with Crippen LogP contribution < -0.4 is 10.6 Å². The van der Waals surface area contributed by atoms with Gasteiger partial charge in [0.2, 0.25) is 0 Å². The summed E-state index contributed by atoms with van der Waals surface area (Å²) in [5, 5.41) is 6.68. The van der Waals surface area contributed by atoms with E-state index in [1.807, 2.05) is 0 Å².